The van der Waals surface area contributed by atoms with Gasteiger partial charge in [-0.3, -0.25) is 4.79 Å². The molecule has 1 aliphatic heterocycles. The van der Waals surface area contributed by atoms with Crippen LogP contribution in [0.4, 0.5) is 0 Å². The summed E-state index contributed by atoms with van der Waals surface area (Å²) in [6, 6.07) is -0.377. The van der Waals surface area contributed by atoms with E-state index in [-0.39, 0.29) is 23.3 Å². The molecule has 0 N–H and O–H groups in total. The van der Waals surface area contributed by atoms with Crippen LogP contribution in [0.15, 0.2) is 0 Å². The highest BCUT2D eigenvalue weighted by Crippen LogP contribution is 2.34. The topological polar surface area (TPSA) is 46.6 Å². The average Bonchev–Trinajstić information content (AvgIpc) is 3.21. The zero-order chi connectivity index (χ0) is 16.7. The molecule has 2 aliphatic rings. The summed E-state index contributed by atoms with van der Waals surface area (Å²) in [5.74, 6) is 1.32. The fourth-order valence-corrected chi connectivity index (χ4v) is 4.93. The molecule has 0 bridgehead atoms. The quantitative estimate of drug-likeness (QED) is 0.495. The predicted molar refractivity (Wildman–Crippen MR) is 94.2 cm³/mol. The van der Waals surface area contributed by atoms with E-state index in [0.717, 1.165) is 25.7 Å². The molecular formula is C18H31NO3S. The molecule has 1 saturated heterocycles. The summed E-state index contributed by atoms with van der Waals surface area (Å²) in [7, 11) is 0. The fraction of sp³-hybridized carbons (Fsp3) is 0.889. The Morgan fingerprint density at radius 1 is 1.22 bits per heavy atom. The van der Waals surface area contributed by atoms with Crippen molar-refractivity contribution in [2.24, 2.45) is 5.92 Å². The molecule has 23 heavy (non-hydrogen) atoms. The number of ether oxygens (including phenoxy) is 1. The van der Waals surface area contributed by atoms with Crippen LogP contribution in [0.2, 0.25) is 0 Å². The SMILES string of the molecule is CCCCOC(=O)C1CSC(CC)N1C(=O)CCC1CCCC1. The number of amides is 1. The monoisotopic (exact) mass is 341 g/mol. The summed E-state index contributed by atoms with van der Waals surface area (Å²) >= 11 is 1.72. The molecule has 2 fully saturated rings. The molecule has 0 aromatic rings. The molecular weight excluding hydrogens is 310 g/mol. The third-order valence-corrected chi connectivity index (χ3v) is 6.44. The number of nitrogens with zero attached hydrogens (tertiary/aromatic N) is 1. The maximum Gasteiger partial charge on any atom is 0.329 e. The van der Waals surface area contributed by atoms with Crippen molar-refractivity contribution in [3.63, 3.8) is 0 Å². The van der Waals surface area contributed by atoms with Gasteiger partial charge >= 0.3 is 5.97 Å². The van der Waals surface area contributed by atoms with Gasteiger partial charge in [0.2, 0.25) is 5.91 Å². The van der Waals surface area contributed by atoms with E-state index in [1.165, 1.54) is 25.7 Å². The first-order chi connectivity index (χ1) is 11.2. The minimum Gasteiger partial charge on any atom is -0.464 e. The van der Waals surface area contributed by atoms with Crippen LogP contribution in [-0.4, -0.2) is 40.6 Å². The van der Waals surface area contributed by atoms with Gasteiger partial charge in [0.25, 0.3) is 0 Å². The van der Waals surface area contributed by atoms with Crippen LogP contribution in [0.3, 0.4) is 0 Å². The number of esters is 1. The highest BCUT2D eigenvalue weighted by Gasteiger charge is 2.41. The predicted octanol–water partition coefficient (Wildman–Crippen LogP) is 3.98. The molecule has 0 aromatic carbocycles. The lowest BCUT2D eigenvalue weighted by Crippen LogP contribution is -2.46. The number of unbranched alkanes of at least 4 members (excludes halogenated alkanes) is 1. The number of hydrogen-bond donors (Lipinski definition) is 0. The number of hydrogen-bond acceptors (Lipinski definition) is 4. The second-order valence-corrected chi connectivity index (χ2v) is 7.93. The molecule has 5 heteroatoms. The first-order valence-corrected chi connectivity index (χ1v) is 10.3. The lowest BCUT2D eigenvalue weighted by molar-refractivity contribution is -0.154. The number of thioether (sulfide) groups is 1. The lowest BCUT2D eigenvalue weighted by atomic mass is 10.0. The van der Waals surface area contributed by atoms with Crippen LogP contribution in [0.5, 0.6) is 0 Å². The van der Waals surface area contributed by atoms with Crippen LogP contribution < -0.4 is 0 Å². The molecule has 2 atom stereocenters. The Hall–Kier alpha value is -0.710. The van der Waals surface area contributed by atoms with Crippen molar-refractivity contribution >= 4 is 23.6 Å². The maximum absolute atomic E-state index is 12.7. The molecule has 2 rings (SSSR count). The van der Waals surface area contributed by atoms with E-state index in [4.69, 9.17) is 4.74 Å². The van der Waals surface area contributed by atoms with Gasteiger partial charge in [0.05, 0.1) is 12.0 Å². The Kier molecular flexibility index (Phi) is 7.74. The van der Waals surface area contributed by atoms with Crippen molar-refractivity contribution in [3.8, 4) is 0 Å². The zero-order valence-electron chi connectivity index (χ0n) is 14.6. The smallest absolute Gasteiger partial charge is 0.329 e. The molecule has 1 saturated carbocycles. The normalized spacial score (nSPS) is 25.0. The summed E-state index contributed by atoms with van der Waals surface area (Å²) in [6.45, 7) is 4.63. The largest absolute Gasteiger partial charge is 0.464 e. The van der Waals surface area contributed by atoms with Crippen LogP contribution in [0.25, 0.3) is 0 Å². The lowest BCUT2D eigenvalue weighted by Gasteiger charge is -2.28. The summed E-state index contributed by atoms with van der Waals surface area (Å²) in [6.07, 6.45) is 9.49. The highest BCUT2D eigenvalue weighted by atomic mass is 32.2. The van der Waals surface area contributed by atoms with Gasteiger partial charge in [-0.1, -0.05) is 46.0 Å². The first kappa shape index (κ1) is 18.6. The molecule has 2 unspecified atom stereocenters. The van der Waals surface area contributed by atoms with Crippen LogP contribution in [-0.2, 0) is 14.3 Å². The number of carbonyl (C=O) groups is 2. The Morgan fingerprint density at radius 3 is 2.61 bits per heavy atom. The van der Waals surface area contributed by atoms with Gasteiger partial charge in [0.15, 0.2) is 0 Å². The van der Waals surface area contributed by atoms with Gasteiger partial charge in [0, 0.05) is 12.2 Å². The van der Waals surface area contributed by atoms with Gasteiger partial charge in [-0.2, -0.15) is 0 Å². The van der Waals surface area contributed by atoms with E-state index in [9.17, 15) is 9.59 Å². The Bertz CT molecular complexity index is 396. The molecule has 1 aliphatic carbocycles. The number of carbonyl (C=O) groups excluding carboxylic acids is 2. The second-order valence-electron chi connectivity index (χ2n) is 6.72. The van der Waals surface area contributed by atoms with Crippen molar-refractivity contribution in [3.05, 3.63) is 0 Å². The molecule has 1 heterocycles. The molecule has 4 nitrogen and oxygen atoms in total. The molecule has 0 spiro atoms. The maximum atomic E-state index is 12.7. The molecule has 0 radical (unpaired) electrons. The van der Waals surface area contributed by atoms with E-state index < -0.39 is 0 Å². The van der Waals surface area contributed by atoms with Gasteiger partial charge in [-0.25, -0.2) is 4.79 Å². The second kappa shape index (κ2) is 9.55. The Morgan fingerprint density at radius 2 is 1.96 bits per heavy atom. The summed E-state index contributed by atoms with van der Waals surface area (Å²) in [4.78, 5) is 26.9. The van der Waals surface area contributed by atoms with Gasteiger partial charge in [0.1, 0.15) is 6.04 Å². The molecule has 132 valence electrons. The van der Waals surface area contributed by atoms with E-state index in [0.29, 0.717) is 24.7 Å². The third-order valence-electron chi connectivity index (χ3n) is 4.99. The fourth-order valence-electron chi connectivity index (χ4n) is 3.56. The van der Waals surface area contributed by atoms with Crippen molar-refractivity contribution in [2.45, 2.75) is 83.1 Å². The van der Waals surface area contributed by atoms with E-state index in [1.54, 1.807) is 11.8 Å². The standard InChI is InChI=1S/C18H31NO3S/c1-3-5-12-22-18(21)15-13-23-17(4-2)19(15)16(20)11-10-14-8-6-7-9-14/h14-15,17H,3-13H2,1-2H3. The van der Waals surface area contributed by atoms with Crippen molar-refractivity contribution < 1.29 is 14.3 Å². The van der Waals surface area contributed by atoms with Crippen LogP contribution in [0.1, 0.15) is 71.6 Å². The van der Waals surface area contributed by atoms with Crippen molar-refractivity contribution in [1.29, 1.82) is 0 Å². The van der Waals surface area contributed by atoms with Crippen molar-refractivity contribution in [2.75, 3.05) is 12.4 Å². The van der Waals surface area contributed by atoms with E-state index in [2.05, 4.69) is 13.8 Å². The third kappa shape index (κ3) is 5.13. The summed E-state index contributed by atoms with van der Waals surface area (Å²) in [5.41, 5.74) is 0. The van der Waals surface area contributed by atoms with Crippen molar-refractivity contribution in [1.82, 2.24) is 4.90 Å². The van der Waals surface area contributed by atoms with Gasteiger partial charge < -0.3 is 9.64 Å². The Balaban J connectivity index is 1.89. The summed E-state index contributed by atoms with van der Waals surface area (Å²) < 4.78 is 5.37. The van der Waals surface area contributed by atoms with E-state index >= 15 is 0 Å². The zero-order valence-corrected chi connectivity index (χ0v) is 15.4. The van der Waals surface area contributed by atoms with Gasteiger partial charge in [-0.15, -0.1) is 11.8 Å². The minimum atomic E-state index is -0.377. The Labute approximate surface area is 144 Å². The van der Waals surface area contributed by atoms with E-state index in [1.807, 2.05) is 4.90 Å². The van der Waals surface area contributed by atoms with Crippen LogP contribution >= 0.6 is 11.8 Å². The highest BCUT2D eigenvalue weighted by molar-refractivity contribution is 8.00. The van der Waals surface area contributed by atoms with Gasteiger partial charge in [-0.05, 0) is 25.2 Å². The number of rotatable bonds is 8. The average molecular weight is 342 g/mol. The molecule has 0 aromatic heterocycles. The summed E-state index contributed by atoms with van der Waals surface area (Å²) in [5, 5.41) is 0.134. The molecule has 1 amide bonds. The van der Waals surface area contributed by atoms with Crippen LogP contribution in [0, 0.1) is 5.92 Å². The minimum absolute atomic E-state index is 0.134. The first-order valence-electron chi connectivity index (χ1n) is 9.26.